The topological polar surface area (TPSA) is 62.9 Å². The van der Waals surface area contributed by atoms with E-state index >= 15 is 0 Å². The molecule has 5 nitrogen and oxygen atoms in total. The second kappa shape index (κ2) is 4.46. The van der Waals surface area contributed by atoms with Crippen LogP contribution < -0.4 is 4.90 Å². The second-order valence-electron chi connectivity index (χ2n) is 3.47. The van der Waals surface area contributed by atoms with Gasteiger partial charge in [0.05, 0.1) is 19.3 Å². The molecule has 1 saturated heterocycles. The highest BCUT2D eigenvalue weighted by Crippen LogP contribution is 2.18. The number of rotatable bonds is 2. The Morgan fingerprint density at radius 1 is 1.53 bits per heavy atom. The number of ether oxygens (including phenoxy) is 1. The van der Waals surface area contributed by atoms with Gasteiger partial charge in [0.15, 0.2) is 17.9 Å². The molecule has 0 amide bonds. The molecule has 0 aliphatic carbocycles. The summed E-state index contributed by atoms with van der Waals surface area (Å²) in [4.78, 5) is 12.3. The molecule has 0 bridgehead atoms. The third-order valence-corrected chi connectivity index (χ3v) is 2.29. The van der Waals surface area contributed by atoms with Gasteiger partial charge in [-0.05, 0) is 6.07 Å². The van der Waals surface area contributed by atoms with Gasteiger partial charge in [0, 0.05) is 19.2 Å². The van der Waals surface area contributed by atoms with Gasteiger partial charge in [-0.1, -0.05) is 0 Å². The number of hydrogen-bond donors (Lipinski definition) is 1. The molecular weight excluding hydrogens is 198 g/mol. The van der Waals surface area contributed by atoms with Crippen molar-refractivity contribution in [3.63, 3.8) is 0 Å². The van der Waals surface area contributed by atoms with Gasteiger partial charge in [0.1, 0.15) is 0 Å². The lowest BCUT2D eigenvalue weighted by molar-refractivity contribution is 0.0596. The molecular formula is C10H13NO4. The molecule has 1 unspecified atom stereocenters. The molecule has 0 aromatic carbocycles. The zero-order chi connectivity index (χ0) is 10.7. The van der Waals surface area contributed by atoms with E-state index in [1.54, 1.807) is 12.1 Å². The van der Waals surface area contributed by atoms with Crippen LogP contribution in [0.2, 0.25) is 0 Å². The Morgan fingerprint density at radius 2 is 2.40 bits per heavy atom. The Kier molecular flexibility index (Phi) is 3.03. The maximum atomic E-state index is 10.4. The molecule has 1 atom stereocenters. The Bertz CT molecular complexity index is 336. The largest absolute Gasteiger partial charge is 0.438 e. The molecule has 5 heteroatoms. The predicted octanol–water partition coefficient (Wildman–Crippen LogP) is 0.290. The Morgan fingerprint density at radius 3 is 3.13 bits per heavy atom. The summed E-state index contributed by atoms with van der Waals surface area (Å²) in [5.41, 5.74) is 0. The van der Waals surface area contributed by atoms with E-state index in [-0.39, 0.29) is 0 Å². The van der Waals surface area contributed by atoms with Gasteiger partial charge in [-0.3, -0.25) is 4.79 Å². The van der Waals surface area contributed by atoms with Crippen molar-refractivity contribution in [2.75, 3.05) is 31.2 Å². The van der Waals surface area contributed by atoms with E-state index in [0.717, 1.165) is 0 Å². The molecule has 2 rings (SSSR count). The van der Waals surface area contributed by atoms with Crippen molar-refractivity contribution in [2.24, 2.45) is 0 Å². The number of furan rings is 1. The van der Waals surface area contributed by atoms with E-state index in [1.165, 1.54) is 0 Å². The third-order valence-electron chi connectivity index (χ3n) is 2.29. The summed E-state index contributed by atoms with van der Waals surface area (Å²) >= 11 is 0. The van der Waals surface area contributed by atoms with Gasteiger partial charge in [-0.25, -0.2) is 0 Å². The first kappa shape index (κ1) is 10.2. The van der Waals surface area contributed by atoms with Crippen molar-refractivity contribution >= 4 is 12.2 Å². The monoisotopic (exact) mass is 211 g/mol. The summed E-state index contributed by atoms with van der Waals surface area (Å²) in [6.07, 6.45) is 0.145. The molecule has 2 heterocycles. The van der Waals surface area contributed by atoms with Crippen molar-refractivity contribution in [3.05, 3.63) is 17.9 Å². The van der Waals surface area contributed by atoms with E-state index in [1.807, 2.05) is 4.90 Å². The van der Waals surface area contributed by atoms with Crippen LogP contribution in [0.1, 0.15) is 10.6 Å². The average Bonchev–Trinajstić information content (AvgIpc) is 2.61. The molecule has 0 spiro atoms. The molecule has 1 aliphatic rings. The Labute approximate surface area is 87.2 Å². The number of carbonyl (C=O) groups excluding carboxylic acids is 1. The first-order valence-corrected chi connectivity index (χ1v) is 4.85. The highest BCUT2D eigenvalue weighted by atomic mass is 16.5. The van der Waals surface area contributed by atoms with Crippen molar-refractivity contribution in [1.29, 1.82) is 0 Å². The van der Waals surface area contributed by atoms with Crippen LogP contribution in [0.25, 0.3) is 0 Å². The summed E-state index contributed by atoms with van der Waals surface area (Å²) in [7, 11) is 0. The lowest BCUT2D eigenvalue weighted by Gasteiger charge is -2.19. The van der Waals surface area contributed by atoms with E-state index in [0.29, 0.717) is 44.2 Å². The molecule has 15 heavy (non-hydrogen) atoms. The lowest BCUT2D eigenvalue weighted by Crippen LogP contribution is -2.32. The van der Waals surface area contributed by atoms with E-state index in [9.17, 15) is 9.90 Å². The number of carbonyl (C=O) groups is 1. The third kappa shape index (κ3) is 2.37. The zero-order valence-corrected chi connectivity index (χ0v) is 8.26. The fraction of sp³-hybridized carbons (Fsp3) is 0.500. The molecule has 1 aliphatic heterocycles. The predicted molar refractivity (Wildman–Crippen MR) is 53.1 cm³/mol. The number of β-amino-alcohol motifs (C(OH)–C–C–N with tert-alkyl or cyclic N) is 1. The molecule has 1 aromatic rings. The number of nitrogens with zero attached hydrogens (tertiary/aromatic N) is 1. The molecule has 0 radical (unpaired) electrons. The van der Waals surface area contributed by atoms with Gasteiger partial charge in [0.25, 0.3) is 0 Å². The summed E-state index contributed by atoms with van der Waals surface area (Å²) in [5, 5.41) is 9.51. The minimum atomic E-state index is -0.516. The SMILES string of the molecule is O=Cc1ccc(N2CCOCC(O)C2)o1. The lowest BCUT2D eigenvalue weighted by atomic mass is 10.3. The molecule has 0 saturated carbocycles. The first-order chi connectivity index (χ1) is 7.29. The average molecular weight is 211 g/mol. The molecule has 1 fully saturated rings. The number of anilines is 1. The fourth-order valence-corrected chi connectivity index (χ4v) is 1.57. The fourth-order valence-electron chi connectivity index (χ4n) is 1.57. The smallest absolute Gasteiger partial charge is 0.196 e. The maximum Gasteiger partial charge on any atom is 0.196 e. The van der Waals surface area contributed by atoms with E-state index in [2.05, 4.69) is 0 Å². The van der Waals surface area contributed by atoms with E-state index in [4.69, 9.17) is 9.15 Å². The second-order valence-corrected chi connectivity index (χ2v) is 3.47. The van der Waals surface area contributed by atoms with Crippen LogP contribution in [0.15, 0.2) is 16.5 Å². The zero-order valence-electron chi connectivity index (χ0n) is 8.26. The van der Waals surface area contributed by atoms with Gasteiger partial charge in [-0.15, -0.1) is 0 Å². The van der Waals surface area contributed by atoms with Crippen molar-refractivity contribution in [3.8, 4) is 0 Å². The van der Waals surface area contributed by atoms with Crippen LogP contribution in [-0.4, -0.2) is 43.8 Å². The van der Waals surface area contributed by atoms with Gasteiger partial charge in [-0.2, -0.15) is 0 Å². The van der Waals surface area contributed by atoms with Crippen LogP contribution >= 0.6 is 0 Å². The molecule has 1 N–H and O–H groups in total. The summed E-state index contributed by atoms with van der Waals surface area (Å²) in [6, 6.07) is 3.34. The number of aliphatic hydroxyl groups is 1. The van der Waals surface area contributed by atoms with Crippen LogP contribution in [0.4, 0.5) is 5.88 Å². The quantitative estimate of drug-likeness (QED) is 0.712. The summed E-state index contributed by atoms with van der Waals surface area (Å²) < 4.78 is 10.5. The highest BCUT2D eigenvalue weighted by Gasteiger charge is 2.18. The Hall–Kier alpha value is -1.33. The number of aliphatic hydroxyl groups excluding tert-OH is 1. The van der Waals surface area contributed by atoms with Gasteiger partial charge < -0.3 is 19.2 Å². The van der Waals surface area contributed by atoms with Gasteiger partial charge in [0.2, 0.25) is 0 Å². The summed E-state index contributed by atoms with van der Waals surface area (Å²) in [5.74, 6) is 0.895. The highest BCUT2D eigenvalue weighted by molar-refractivity contribution is 5.71. The van der Waals surface area contributed by atoms with Crippen molar-refractivity contribution < 1.29 is 19.1 Å². The van der Waals surface area contributed by atoms with Gasteiger partial charge >= 0.3 is 0 Å². The van der Waals surface area contributed by atoms with Crippen LogP contribution in [0.3, 0.4) is 0 Å². The standard InChI is InChI=1S/C10H13NO4/c12-6-9-1-2-10(15-9)11-3-4-14-7-8(13)5-11/h1-2,6,8,13H,3-5,7H2. The first-order valence-electron chi connectivity index (χ1n) is 4.85. The van der Waals surface area contributed by atoms with Crippen LogP contribution in [0.5, 0.6) is 0 Å². The summed E-state index contributed by atoms with van der Waals surface area (Å²) in [6.45, 7) is 2.01. The number of hydrogen-bond acceptors (Lipinski definition) is 5. The maximum absolute atomic E-state index is 10.4. The molecule has 82 valence electrons. The van der Waals surface area contributed by atoms with Crippen LogP contribution in [-0.2, 0) is 4.74 Å². The van der Waals surface area contributed by atoms with Crippen molar-refractivity contribution in [2.45, 2.75) is 6.10 Å². The minimum Gasteiger partial charge on any atom is -0.438 e. The normalized spacial score (nSPS) is 22.5. The van der Waals surface area contributed by atoms with Crippen LogP contribution in [0, 0.1) is 0 Å². The Balaban J connectivity index is 2.10. The van der Waals surface area contributed by atoms with Crippen molar-refractivity contribution in [1.82, 2.24) is 0 Å². The number of aldehydes is 1. The minimum absolute atomic E-state index is 0.296. The van der Waals surface area contributed by atoms with E-state index < -0.39 is 6.10 Å². The molecule has 1 aromatic heterocycles.